The average Bonchev–Trinajstić information content (AvgIpc) is 3.54. The van der Waals surface area contributed by atoms with Crippen LogP contribution in [0.3, 0.4) is 0 Å². The monoisotopic (exact) mass is 600 g/mol. The van der Waals surface area contributed by atoms with E-state index in [1.807, 2.05) is 0 Å². The summed E-state index contributed by atoms with van der Waals surface area (Å²) in [6.07, 6.45) is 0.00457. The first-order valence-corrected chi connectivity index (χ1v) is 16.2. The SMILES string of the molecule is c1ccc(-c2c3ccccc3c(-c3ccccc3)c3cc(-c4ccc(C5Nc6ccccc6N5c5ccccc5)cc4)ccc23)cc1. The van der Waals surface area contributed by atoms with Crippen LogP contribution in [0.25, 0.3) is 54.9 Å². The summed E-state index contributed by atoms with van der Waals surface area (Å²) < 4.78 is 0. The molecule has 8 aromatic rings. The van der Waals surface area contributed by atoms with E-state index in [4.69, 9.17) is 0 Å². The van der Waals surface area contributed by atoms with Crippen LogP contribution in [0, 0.1) is 0 Å². The Labute approximate surface area is 275 Å². The third-order valence-corrected chi connectivity index (χ3v) is 9.46. The smallest absolute Gasteiger partial charge is 0.130 e. The molecular formula is C45H32N2. The third-order valence-electron chi connectivity index (χ3n) is 9.46. The van der Waals surface area contributed by atoms with E-state index < -0.39 is 0 Å². The molecule has 1 unspecified atom stereocenters. The summed E-state index contributed by atoms with van der Waals surface area (Å²) in [5, 5.41) is 8.84. The summed E-state index contributed by atoms with van der Waals surface area (Å²) in [5.74, 6) is 0. The van der Waals surface area contributed by atoms with Crippen LogP contribution in [-0.4, -0.2) is 0 Å². The second-order valence-corrected chi connectivity index (χ2v) is 12.2. The van der Waals surface area contributed by atoms with E-state index in [-0.39, 0.29) is 6.17 Å². The van der Waals surface area contributed by atoms with Gasteiger partial charge in [-0.1, -0.05) is 152 Å². The van der Waals surface area contributed by atoms with Gasteiger partial charge >= 0.3 is 0 Å². The molecule has 0 spiro atoms. The van der Waals surface area contributed by atoms with Crippen LogP contribution in [-0.2, 0) is 0 Å². The van der Waals surface area contributed by atoms with Crippen molar-refractivity contribution in [2.75, 3.05) is 10.2 Å². The lowest BCUT2D eigenvalue weighted by molar-refractivity contribution is 0.828. The van der Waals surface area contributed by atoms with Crippen molar-refractivity contribution in [2.45, 2.75) is 6.17 Å². The molecule has 2 heteroatoms. The standard InChI is InChI=1S/C45H32N2/c1-4-14-32(15-5-1)43-37-20-10-11-21-38(37)44(33-16-6-2-7-17-33)40-30-35(28-29-39(40)43)31-24-26-34(27-25-31)45-46-41-22-12-13-23-42(41)47(45)36-18-8-3-9-19-36/h1-30,45-46H. The van der Waals surface area contributed by atoms with Gasteiger partial charge in [-0.2, -0.15) is 0 Å². The summed E-state index contributed by atoms with van der Waals surface area (Å²) in [6, 6.07) is 65.8. The van der Waals surface area contributed by atoms with Gasteiger partial charge in [0, 0.05) is 5.69 Å². The molecule has 47 heavy (non-hydrogen) atoms. The molecule has 0 radical (unpaired) electrons. The molecule has 0 saturated heterocycles. The highest BCUT2D eigenvalue weighted by Crippen LogP contribution is 2.47. The van der Waals surface area contributed by atoms with E-state index >= 15 is 0 Å². The van der Waals surface area contributed by atoms with Crippen molar-refractivity contribution in [2.24, 2.45) is 0 Å². The summed E-state index contributed by atoms with van der Waals surface area (Å²) >= 11 is 0. The van der Waals surface area contributed by atoms with Gasteiger partial charge in [0.25, 0.3) is 0 Å². The lowest BCUT2D eigenvalue weighted by atomic mass is 9.85. The first kappa shape index (κ1) is 27.2. The van der Waals surface area contributed by atoms with Crippen LogP contribution in [0.1, 0.15) is 11.7 Å². The molecule has 1 atom stereocenters. The molecule has 1 N–H and O–H groups in total. The molecule has 8 aromatic carbocycles. The molecule has 9 rings (SSSR count). The van der Waals surface area contributed by atoms with Crippen LogP contribution in [0.2, 0.25) is 0 Å². The zero-order valence-electron chi connectivity index (χ0n) is 25.8. The molecular weight excluding hydrogens is 569 g/mol. The van der Waals surface area contributed by atoms with Crippen LogP contribution in [0.15, 0.2) is 182 Å². The molecule has 1 aliphatic heterocycles. The largest absolute Gasteiger partial charge is 0.359 e. The van der Waals surface area contributed by atoms with Crippen LogP contribution < -0.4 is 10.2 Å². The first-order chi connectivity index (χ1) is 23.3. The maximum atomic E-state index is 3.77. The van der Waals surface area contributed by atoms with Gasteiger partial charge in [0.1, 0.15) is 6.17 Å². The number of hydrogen-bond acceptors (Lipinski definition) is 2. The van der Waals surface area contributed by atoms with Crippen molar-refractivity contribution in [1.29, 1.82) is 0 Å². The Morgan fingerprint density at radius 1 is 0.383 bits per heavy atom. The van der Waals surface area contributed by atoms with Gasteiger partial charge in [-0.15, -0.1) is 0 Å². The van der Waals surface area contributed by atoms with Crippen LogP contribution in [0.4, 0.5) is 17.1 Å². The second kappa shape index (κ2) is 11.3. The molecule has 2 nitrogen and oxygen atoms in total. The fraction of sp³-hybridized carbons (Fsp3) is 0.0222. The average molecular weight is 601 g/mol. The zero-order valence-corrected chi connectivity index (χ0v) is 25.8. The number of anilines is 3. The van der Waals surface area contributed by atoms with Gasteiger partial charge in [-0.25, -0.2) is 0 Å². The summed E-state index contributed by atoms with van der Waals surface area (Å²) in [4.78, 5) is 2.39. The molecule has 222 valence electrons. The molecule has 0 saturated carbocycles. The first-order valence-electron chi connectivity index (χ1n) is 16.2. The normalized spacial score (nSPS) is 13.9. The topological polar surface area (TPSA) is 15.3 Å². The predicted octanol–water partition coefficient (Wildman–Crippen LogP) is 12.3. The third kappa shape index (κ3) is 4.65. The molecule has 0 fully saturated rings. The van der Waals surface area contributed by atoms with E-state index in [0.717, 1.165) is 5.69 Å². The number of nitrogens with zero attached hydrogens (tertiary/aromatic N) is 1. The van der Waals surface area contributed by atoms with Gasteiger partial charge in [0.15, 0.2) is 0 Å². The number of nitrogens with one attached hydrogen (secondary N) is 1. The summed E-state index contributed by atoms with van der Waals surface area (Å²) in [7, 11) is 0. The van der Waals surface area contributed by atoms with Crippen molar-refractivity contribution in [3.8, 4) is 33.4 Å². The van der Waals surface area contributed by atoms with Gasteiger partial charge in [-0.05, 0) is 90.8 Å². The Morgan fingerprint density at radius 3 is 1.55 bits per heavy atom. The summed E-state index contributed by atoms with van der Waals surface area (Å²) in [5.41, 5.74) is 12.2. The minimum atomic E-state index is 0.00457. The number of para-hydroxylation sites is 3. The summed E-state index contributed by atoms with van der Waals surface area (Å²) in [6.45, 7) is 0. The maximum Gasteiger partial charge on any atom is 0.130 e. The van der Waals surface area contributed by atoms with E-state index in [2.05, 4.69) is 192 Å². The number of fused-ring (bicyclic) bond motifs is 3. The minimum absolute atomic E-state index is 0.00457. The zero-order chi connectivity index (χ0) is 31.2. The highest BCUT2D eigenvalue weighted by molar-refractivity contribution is 6.21. The quantitative estimate of drug-likeness (QED) is 0.198. The van der Waals surface area contributed by atoms with E-state index in [9.17, 15) is 0 Å². The molecule has 0 aliphatic carbocycles. The van der Waals surface area contributed by atoms with Crippen molar-refractivity contribution in [3.05, 3.63) is 188 Å². The lowest BCUT2D eigenvalue weighted by Crippen LogP contribution is -2.23. The second-order valence-electron chi connectivity index (χ2n) is 12.2. The number of hydrogen-bond donors (Lipinski definition) is 1. The molecule has 0 bridgehead atoms. The van der Waals surface area contributed by atoms with Crippen molar-refractivity contribution in [1.82, 2.24) is 0 Å². The van der Waals surface area contributed by atoms with Gasteiger partial charge in [0.05, 0.1) is 11.4 Å². The van der Waals surface area contributed by atoms with Crippen molar-refractivity contribution < 1.29 is 0 Å². The van der Waals surface area contributed by atoms with E-state index in [1.54, 1.807) is 0 Å². The molecule has 0 amide bonds. The fourth-order valence-electron chi connectivity index (χ4n) is 7.31. The van der Waals surface area contributed by atoms with Crippen molar-refractivity contribution >= 4 is 38.6 Å². The highest BCUT2D eigenvalue weighted by atomic mass is 15.3. The number of benzene rings is 8. The number of rotatable bonds is 5. The van der Waals surface area contributed by atoms with E-state index in [1.165, 1.54) is 71.9 Å². The van der Waals surface area contributed by atoms with Crippen LogP contribution >= 0.6 is 0 Å². The molecule has 1 aliphatic rings. The highest BCUT2D eigenvalue weighted by Gasteiger charge is 2.30. The Morgan fingerprint density at radius 2 is 0.894 bits per heavy atom. The fourth-order valence-corrected chi connectivity index (χ4v) is 7.31. The van der Waals surface area contributed by atoms with Gasteiger partial charge in [0.2, 0.25) is 0 Å². The Kier molecular flexibility index (Phi) is 6.57. The van der Waals surface area contributed by atoms with Gasteiger partial charge < -0.3 is 10.2 Å². The van der Waals surface area contributed by atoms with Crippen LogP contribution in [0.5, 0.6) is 0 Å². The Bertz CT molecular complexity index is 2360. The van der Waals surface area contributed by atoms with E-state index in [0.29, 0.717) is 0 Å². The lowest BCUT2D eigenvalue weighted by Gasteiger charge is -2.27. The minimum Gasteiger partial charge on any atom is -0.359 e. The van der Waals surface area contributed by atoms with Crippen molar-refractivity contribution in [3.63, 3.8) is 0 Å². The Balaban J connectivity index is 1.19. The van der Waals surface area contributed by atoms with Gasteiger partial charge in [-0.3, -0.25) is 0 Å². The Hall–Kier alpha value is -6.12. The maximum absolute atomic E-state index is 3.77. The predicted molar refractivity (Wildman–Crippen MR) is 199 cm³/mol. The molecule has 1 heterocycles. The molecule has 0 aromatic heterocycles.